The van der Waals surface area contributed by atoms with E-state index >= 15 is 0 Å². The van der Waals surface area contributed by atoms with E-state index in [9.17, 15) is 18.0 Å². The van der Waals surface area contributed by atoms with Gasteiger partial charge >= 0.3 is 0 Å². The molecule has 1 N–H and O–H groups in total. The molecule has 0 radical (unpaired) electrons. The zero-order valence-electron chi connectivity index (χ0n) is 24.8. The highest BCUT2D eigenvalue weighted by Gasteiger charge is 2.35. The number of nitrogens with one attached hydrogen (secondary N) is 1. The molecule has 1 atom stereocenters. The lowest BCUT2D eigenvalue weighted by Gasteiger charge is -2.34. The van der Waals surface area contributed by atoms with Crippen LogP contribution in [-0.4, -0.2) is 44.3 Å². The molecule has 230 valence electrons. The van der Waals surface area contributed by atoms with Crippen molar-refractivity contribution in [1.29, 1.82) is 0 Å². The molecule has 0 saturated heterocycles. The third-order valence-corrected chi connectivity index (χ3v) is 9.44. The lowest BCUT2D eigenvalue weighted by molar-refractivity contribution is -0.140. The summed E-state index contributed by atoms with van der Waals surface area (Å²) in [6.45, 7) is 5.24. The Kier molecular flexibility index (Phi) is 11.1. The second-order valence-corrected chi connectivity index (χ2v) is 13.2. The van der Waals surface area contributed by atoms with Crippen molar-refractivity contribution < 1.29 is 18.0 Å². The van der Waals surface area contributed by atoms with Crippen LogP contribution < -0.4 is 9.62 Å². The van der Waals surface area contributed by atoms with Crippen LogP contribution in [0.4, 0.5) is 5.69 Å². The van der Waals surface area contributed by atoms with E-state index in [4.69, 9.17) is 23.2 Å². The first kappa shape index (κ1) is 33.1. The van der Waals surface area contributed by atoms with Crippen molar-refractivity contribution in [1.82, 2.24) is 10.2 Å². The number of sulfonamides is 1. The van der Waals surface area contributed by atoms with Crippen LogP contribution in [0.15, 0.2) is 102 Å². The number of aryl methyl sites for hydroxylation is 2. The minimum absolute atomic E-state index is 0.0287. The van der Waals surface area contributed by atoms with Crippen molar-refractivity contribution in [2.24, 2.45) is 0 Å². The molecule has 4 aromatic rings. The number of carbonyl (C=O) groups excluding carboxylic acids is 2. The van der Waals surface area contributed by atoms with Crippen LogP contribution in [-0.2, 0) is 32.6 Å². The minimum Gasteiger partial charge on any atom is -0.355 e. The van der Waals surface area contributed by atoms with Gasteiger partial charge in [-0.25, -0.2) is 8.42 Å². The van der Waals surface area contributed by atoms with Gasteiger partial charge in [0.1, 0.15) is 12.6 Å². The Morgan fingerprint density at radius 2 is 1.48 bits per heavy atom. The smallest absolute Gasteiger partial charge is 0.264 e. The number of hydrogen-bond donors (Lipinski definition) is 1. The van der Waals surface area contributed by atoms with E-state index < -0.39 is 28.5 Å². The molecule has 44 heavy (non-hydrogen) atoms. The molecule has 1 unspecified atom stereocenters. The van der Waals surface area contributed by atoms with Crippen molar-refractivity contribution in [2.45, 2.75) is 44.7 Å². The average molecular weight is 653 g/mol. The maximum absolute atomic E-state index is 14.5. The number of likely N-dealkylation sites (N-methyl/N-ethyl adjacent to an activating group) is 1. The van der Waals surface area contributed by atoms with Gasteiger partial charge in [0, 0.05) is 29.6 Å². The standard InChI is InChI=1S/C34H35Cl2N3O4S/c1-4-37-34(41)32(20-26-9-6-5-7-10-26)38(22-27-11-8-12-28(35)19-27)33(40)23-39(31-21-29(36)16-15-25(31)3)44(42,43)30-17-13-24(2)14-18-30/h5-19,21,32H,4,20,22-23H2,1-3H3,(H,37,41). The van der Waals surface area contributed by atoms with Crippen molar-refractivity contribution in [3.8, 4) is 0 Å². The van der Waals surface area contributed by atoms with Gasteiger partial charge < -0.3 is 10.2 Å². The molecule has 0 aliphatic carbocycles. The Balaban J connectivity index is 1.83. The van der Waals surface area contributed by atoms with Gasteiger partial charge in [0.25, 0.3) is 10.0 Å². The summed E-state index contributed by atoms with van der Waals surface area (Å²) < 4.78 is 29.4. The summed E-state index contributed by atoms with van der Waals surface area (Å²) in [7, 11) is -4.23. The molecular weight excluding hydrogens is 617 g/mol. The van der Waals surface area contributed by atoms with Crippen LogP contribution in [0, 0.1) is 13.8 Å². The Bertz CT molecular complexity index is 1710. The van der Waals surface area contributed by atoms with Gasteiger partial charge in [-0.1, -0.05) is 89.4 Å². The van der Waals surface area contributed by atoms with Crippen LogP contribution in [0.25, 0.3) is 0 Å². The summed E-state index contributed by atoms with van der Waals surface area (Å²) in [5, 5.41) is 3.65. The predicted molar refractivity (Wildman–Crippen MR) is 177 cm³/mol. The Morgan fingerprint density at radius 1 is 0.818 bits per heavy atom. The van der Waals surface area contributed by atoms with E-state index in [1.807, 2.05) is 43.3 Å². The molecule has 0 aromatic heterocycles. The molecule has 0 aliphatic rings. The number of anilines is 1. The van der Waals surface area contributed by atoms with E-state index in [1.54, 1.807) is 56.3 Å². The number of hydrogen-bond acceptors (Lipinski definition) is 4. The van der Waals surface area contributed by atoms with Gasteiger partial charge in [-0.3, -0.25) is 13.9 Å². The number of carbonyl (C=O) groups is 2. The molecule has 4 rings (SSSR count). The van der Waals surface area contributed by atoms with Crippen molar-refractivity contribution in [3.63, 3.8) is 0 Å². The zero-order chi connectivity index (χ0) is 31.9. The van der Waals surface area contributed by atoms with Gasteiger partial charge in [-0.15, -0.1) is 0 Å². The summed E-state index contributed by atoms with van der Waals surface area (Å²) in [6, 6.07) is 26.8. The molecule has 0 aliphatic heterocycles. The van der Waals surface area contributed by atoms with Crippen LogP contribution in [0.1, 0.15) is 29.2 Å². The monoisotopic (exact) mass is 651 g/mol. The molecule has 0 spiro atoms. The van der Waals surface area contributed by atoms with Gasteiger partial charge in [-0.2, -0.15) is 0 Å². The highest BCUT2D eigenvalue weighted by molar-refractivity contribution is 7.92. The molecule has 0 bridgehead atoms. The molecule has 10 heteroatoms. The Labute approximate surface area is 269 Å². The summed E-state index contributed by atoms with van der Waals surface area (Å²) in [4.78, 5) is 29.5. The summed E-state index contributed by atoms with van der Waals surface area (Å²) >= 11 is 12.6. The van der Waals surface area contributed by atoms with Gasteiger partial charge in [0.05, 0.1) is 10.6 Å². The predicted octanol–water partition coefficient (Wildman–Crippen LogP) is 6.58. The molecule has 0 fully saturated rings. The Morgan fingerprint density at radius 3 is 2.14 bits per heavy atom. The van der Waals surface area contributed by atoms with Gasteiger partial charge in [0.15, 0.2) is 0 Å². The van der Waals surface area contributed by atoms with E-state index in [2.05, 4.69) is 5.32 Å². The SMILES string of the molecule is CCNC(=O)C(Cc1ccccc1)N(Cc1cccc(Cl)c1)C(=O)CN(c1cc(Cl)ccc1C)S(=O)(=O)c1ccc(C)cc1. The third-order valence-electron chi connectivity index (χ3n) is 7.19. The molecule has 0 saturated carbocycles. The van der Waals surface area contributed by atoms with Gasteiger partial charge in [-0.05, 0) is 73.9 Å². The van der Waals surface area contributed by atoms with Crippen LogP contribution in [0.2, 0.25) is 10.0 Å². The highest BCUT2D eigenvalue weighted by Crippen LogP contribution is 2.30. The summed E-state index contributed by atoms with van der Waals surface area (Å²) in [5.41, 5.74) is 3.32. The number of halogens is 2. The topological polar surface area (TPSA) is 86.8 Å². The fraction of sp³-hybridized carbons (Fsp3) is 0.235. The van der Waals surface area contributed by atoms with E-state index in [0.29, 0.717) is 27.7 Å². The molecule has 2 amide bonds. The maximum Gasteiger partial charge on any atom is 0.264 e. The van der Waals surface area contributed by atoms with Crippen LogP contribution in [0.5, 0.6) is 0 Å². The summed E-state index contributed by atoms with van der Waals surface area (Å²) in [6.07, 6.45) is 0.222. The van der Waals surface area contributed by atoms with Crippen LogP contribution in [0.3, 0.4) is 0 Å². The number of amides is 2. The molecular formula is C34H35Cl2N3O4S. The lowest BCUT2D eigenvalue weighted by Crippen LogP contribution is -2.53. The molecule has 4 aromatic carbocycles. The Hall–Kier alpha value is -3.85. The first-order valence-electron chi connectivity index (χ1n) is 14.2. The fourth-order valence-corrected chi connectivity index (χ4v) is 6.73. The van der Waals surface area contributed by atoms with E-state index in [-0.39, 0.29) is 29.5 Å². The third kappa shape index (κ3) is 8.20. The first-order chi connectivity index (χ1) is 21.0. The zero-order valence-corrected chi connectivity index (χ0v) is 27.2. The second-order valence-electron chi connectivity index (χ2n) is 10.5. The number of rotatable bonds is 12. The van der Waals surface area contributed by atoms with Crippen molar-refractivity contribution >= 4 is 50.7 Å². The van der Waals surface area contributed by atoms with E-state index in [1.165, 1.54) is 23.1 Å². The normalized spacial score (nSPS) is 11.9. The van der Waals surface area contributed by atoms with Crippen molar-refractivity contribution in [3.05, 3.63) is 129 Å². The van der Waals surface area contributed by atoms with Crippen LogP contribution >= 0.6 is 23.2 Å². The minimum atomic E-state index is -4.23. The largest absolute Gasteiger partial charge is 0.355 e. The van der Waals surface area contributed by atoms with Crippen molar-refractivity contribution in [2.75, 3.05) is 17.4 Å². The quantitative estimate of drug-likeness (QED) is 0.187. The number of benzene rings is 4. The van der Waals surface area contributed by atoms with E-state index in [0.717, 1.165) is 15.4 Å². The molecule has 7 nitrogen and oxygen atoms in total. The maximum atomic E-state index is 14.5. The average Bonchev–Trinajstić information content (AvgIpc) is 2.99. The molecule has 0 heterocycles. The first-order valence-corrected chi connectivity index (χ1v) is 16.4. The number of nitrogens with zero attached hydrogens (tertiary/aromatic N) is 2. The summed E-state index contributed by atoms with van der Waals surface area (Å²) in [5.74, 6) is -0.911. The second kappa shape index (κ2) is 14.8. The lowest BCUT2D eigenvalue weighted by atomic mass is 10.0. The highest BCUT2D eigenvalue weighted by atomic mass is 35.5. The van der Waals surface area contributed by atoms with Gasteiger partial charge in [0.2, 0.25) is 11.8 Å². The fourth-order valence-electron chi connectivity index (χ4n) is 4.88.